The molecule has 0 aliphatic heterocycles. The van der Waals surface area contributed by atoms with Crippen LogP contribution in [0.4, 0.5) is 0 Å². The Kier molecular flexibility index (Phi) is 3.88. The van der Waals surface area contributed by atoms with Crippen LogP contribution >= 0.6 is 0 Å². The second kappa shape index (κ2) is 5.22. The topological polar surface area (TPSA) is 12.0 Å². The van der Waals surface area contributed by atoms with Crippen LogP contribution in [0.15, 0.2) is 24.3 Å². The molecule has 1 aromatic rings. The number of rotatable bonds is 4. The van der Waals surface area contributed by atoms with Crippen molar-refractivity contribution in [1.82, 2.24) is 5.32 Å². The third-order valence-electron chi connectivity index (χ3n) is 4.43. The molecule has 1 aliphatic rings. The van der Waals surface area contributed by atoms with E-state index in [-0.39, 0.29) is 0 Å². The number of hydrogen-bond acceptors (Lipinski definition) is 1. The van der Waals surface area contributed by atoms with Crippen LogP contribution in [0.25, 0.3) is 0 Å². The van der Waals surface area contributed by atoms with Crippen molar-refractivity contribution in [3.05, 3.63) is 35.4 Å². The highest BCUT2D eigenvalue weighted by Crippen LogP contribution is 2.49. The highest BCUT2D eigenvalue weighted by Gasteiger charge is 2.46. The van der Waals surface area contributed by atoms with Crippen LogP contribution in [0, 0.1) is 18.8 Å². The Balaban J connectivity index is 2.14. The fourth-order valence-corrected chi connectivity index (χ4v) is 3.50. The standard InChI is InChI=1S/C16H25N/c1-5-14-15(12(4)16(14)17-6-2)13-9-7-11(3)8-10-13/h7-10,12,14-17H,5-6H2,1-4H3. The van der Waals surface area contributed by atoms with Gasteiger partial charge in [0.15, 0.2) is 0 Å². The minimum atomic E-state index is 0.719. The summed E-state index contributed by atoms with van der Waals surface area (Å²) in [6.45, 7) is 10.2. The summed E-state index contributed by atoms with van der Waals surface area (Å²) in [5, 5.41) is 3.64. The maximum atomic E-state index is 3.64. The summed E-state index contributed by atoms with van der Waals surface area (Å²) < 4.78 is 0. The van der Waals surface area contributed by atoms with Gasteiger partial charge in [0.1, 0.15) is 0 Å². The van der Waals surface area contributed by atoms with E-state index in [0.29, 0.717) is 0 Å². The summed E-state index contributed by atoms with van der Waals surface area (Å²) in [7, 11) is 0. The molecule has 4 unspecified atom stereocenters. The molecule has 0 bridgehead atoms. The van der Waals surface area contributed by atoms with Crippen molar-refractivity contribution in [1.29, 1.82) is 0 Å². The van der Waals surface area contributed by atoms with E-state index >= 15 is 0 Å². The van der Waals surface area contributed by atoms with Crippen molar-refractivity contribution in [2.24, 2.45) is 11.8 Å². The highest BCUT2D eigenvalue weighted by molar-refractivity contribution is 5.29. The lowest BCUT2D eigenvalue weighted by molar-refractivity contribution is 0.0799. The van der Waals surface area contributed by atoms with Gasteiger partial charge in [-0.05, 0) is 36.8 Å². The molecule has 1 aromatic carbocycles. The number of hydrogen-bond donors (Lipinski definition) is 1. The number of benzene rings is 1. The van der Waals surface area contributed by atoms with Gasteiger partial charge in [-0.3, -0.25) is 0 Å². The average molecular weight is 231 g/mol. The predicted octanol–water partition coefficient (Wildman–Crippen LogP) is 3.73. The Labute approximate surface area is 106 Å². The molecule has 1 saturated carbocycles. The zero-order valence-electron chi connectivity index (χ0n) is 11.5. The van der Waals surface area contributed by atoms with Crippen LogP contribution in [0.3, 0.4) is 0 Å². The Hall–Kier alpha value is -0.820. The van der Waals surface area contributed by atoms with Crippen molar-refractivity contribution < 1.29 is 0 Å². The molecular formula is C16H25N. The van der Waals surface area contributed by atoms with Crippen molar-refractivity contribution >= 4 is 0 Å². The summed E-state index contributed by atoms with van der Waals surface area (Å²) in [6.07, 6.45) is 1.28. The van der Waals surface area contributed by atoms with E-state index in [9.17, 15) is 0 Å². The summed E-state index contributed by atoms with van der Waals surface area (Å²) in [5.74, 6) is 2.33. The van der Waals surface area contributed by atoms with Gasteiger partial charge in [0.2, 0.25) is 0 Å². The number of aryl methyl sites for hydroxylation is 1. The van der Waals surface area contributed by atoms with Crippen LogP contribution in [0.1, 0.15) is 44.2 Å². The molecule has 1 nitrogen and oxygen atoms in total. The molecule has 0 spiro atoms. The predicted molar refractivity (Wildman–Crippen MR) is 74.3 cm³/mol. The first kappa shape index (κ1) is 12.6. The molecule has 1 N–H and O–H groups in total. The molecule has 0 aromatic heterocycles. The SMILES string of the molecule is CCNC1C(C)C(c2ccc(C)cc2)C1CC. The second-order valence-corrected chi connectivity index (χ2v) is 5.45. The summed E-state index contributed by atoms with van der Waals surface area (Å²) in [4.78, 5) is 0. The maximum absolute atomic E-state index is 3.64. The van der Waals surface area contributed by atoms with Crippen LogP contribution in [0.5, 0.6) is 0 Å². The van der Waals surface area contributed by atoms with Crippen LogP contribution in [-0.4, -0.2) is 12.6 Å². The zero-order chi connectivity index (χ0) is 12.4. The lowest BCUT2D eigenvalue weighted by Gasteiger charge is -2.51. The molecular weight excluding hydrogens is 206 g/mol. The molecule has 1 heteroatoms. The molecule has 0 amide bonds. The van der Waals surface area contributed by atoms with E-state index in [1.54, 1.807) is 0 Å². The van der Waals surface area contributed by atoms with Crippen LogP contribution in [0.2, 0.25) is 0 Å². The molecule has 0 radical (unpaired) electrons. The lowest BCUT2D eigenvalue weighted by Crippen LogP contribution is -2.55. The summed E-state index contributed by atoms with van der Waals surface area (Å²) in [5.41, 5.74) is 2.89. The number of nitrogens with one attached hydrogen (secondary N) is 1. The third kappa shape index (κ3) is 2.26. The van der Waals surface area contributed by atoms with E-state index < -0.39 is 0 Å². The fraction of sp³-hybridized carbons (Fsp3) is 0.625. The van der Waals surface area contributed by atoms with E-state index in [4.69, 9.17) is 0 Å². The Morgan fingerprint density at radius 2 is 1.76 bits per heavy atom. The van der Waals surface area contributed by atoms with Crippen LogP contribution in [-0.2, 0) is 0 Å². The van der Waals surface area contributed by atoms with Crippen molar-refractivity contribution in [2.75, 3.05) is 6.54 Å². The summed E-state index contributed by atoms with van der Waals surface area (Å²) in [6, 6.07) is 9.85. The van der Waals surface area contributed by atoms with Gasteiger partial charge in [-0.15, -0.1) is 0 Å². The van der Waals surface area contributed by atoms with Crippen LogP contribution < -0.4 is 5.32 Å². The van der Waals surface area contributed by atoms with E-state index in [1.165, 1.54) is 17.5 Å². The molecule has 0 heterocycles. The first-order valence-electron chi connectivity index (χ1n) is 6.99. The maximum Gasteiger partial charge on any atom is 0.0133 e. The van der Waals surface area contributed by atoms with Gasteiger partial charge in [-0.1, -0.05) is 57.0 Å². The lowest BCUT2D eigenvalue weighted by atomic mass is 9.58. The molecule has 94 valence electrons. The minimum absolute atomic E-state index is 0.719. The van der Waals surface area contributed by atoms with Gasteiger partial charge in [0, 0.05) is 6.04 Å². The molecule has 1 aliphatic carbocycles. The van der Waals surface area contributed by atoms with Gasteiger partial charge >= 0.3 is 0 Å². The largest absolute Gasteiger partial charge is 0.314 e. The molecule has 1 fully saturated rings. The zero-order valence-corrected chi connectivity index (χ0v) is 11.5. The van der Waals surface area contributed by atoms with Gasteiger partial charge in [-0.25, -0.2) is 0 Å². The van der Waals surface area contributed by atoms with Gasteiger partial charge in [0.25, 0.3) is 0 Å². The molecule has 2 rings (SSSR count). The van der Waals surface area contributed by atoms with Gasteiger partial charge < -0.3 is 5.32 Å². The fourth-order valence-electron chi connectivity index (χ4n) is 3.50. The summed E-state index contributed by atoms with van der Waals surface area (Å²) >= 11 is 0. The Morgan fingerprint density at radius 1 is 1.12 bits per heavy atom. The first-order chi connectivity index (χ1) is 8.19. The second-order valence-electron chi connectivity index (χ2n) is 5.45. The normalized spacial score (nSPS) is 32.2. The molecule has 17 heavy (non-hydrogen) atoms. The molecule has 0 saturated heterocycles. The highest BCUT2D eigenvalue weighted by atomic mass is 14.9. The Bertz CT molecular complexity index is 354. The van der Waals surface area contributed by atoms with E-state index in [0.717, 1.165) is 30.3 Å². The van der Waals surface area contributed by atoms with Crippen molar-refractivity contribution in [2.45, 2.75) is 46.1 Å². The monoisotopic (exact) mass is 231 g/mol. The van der Waals surface area contributed by atoms with Gasteiger partial charge in [0.05, 0.1) is 0 Å². The quantitative estimate of drug-likeness (QED) is 0.832. The average Bonchev–Trinajstić information content (AvgIpc) is 2.34. The Morgan fingerprint density at radius 3 is 2.29 bits per heavy atom. The molecule has 4 atom stereocenters. The van der Waals surface area contributed by atoms with Gasteiger partial charge in [-0.2, -0.15) is 0 Å². The third-order valence-corrected chi connectivity index (χ3v) is 4.43. The smallest absolute Gasteiger partial charge is 0.0133 e. The minimum Gasteiger partial charge on any atom is -0.314 e. The van der Waals surface area contributed by atoms with E-state index in [2.05, 4.69) is 57.3 Å². The van der Waals surface area contributed by atoms with Crippen molar-refractivity contribution in [3.8, 4) is 0 Å². The first-order valence-corrected chi connectivity index (χ1v) is 6.99. The van der Waals surface area contributed by atoms with Crippen molar-refractivity contribution in [3.63, 3.8) is 0 Å². The van der Waals surface area contributed by atoms with E-state index in [1.807, 2.05) is 0 Å².